The Hall–Kier alpha value is -7.63. The first kappa shape index (κ1) is 33.0. The van der Waals surface area contributed by atoms with Gasteiger partial charge in [0.25, 0.3) is 0 Å². The molecule has 0 radical (unpaired) electrons. The number of nitrogens with zero attached hydrogens (tertiary/aromatic N) is 4. The van der Waals surface area contributed by atoms with Gasteiger partial charge in [0.1, 0.15) is 0 Å². The van der Waals surface area contributed by atoms with Crippen molar-refractivity contribution in [1.29, 1.82) is 0 Å². The molecule has 0 spiro atoms. The molecule has 0 aliphatic carbocycles. The third-order valence-electron chi connectivity index (χ3n) is 10.4. The summed E-state index contributed by atoms with van der Waals surface area (Å²) in [6, 6.07) is 69.4. The molecule has 5 nitrogen and oxygen atoms in total. The topological polar surface area (TPSA) is 69.6 Å². The number of rotatable bonds is 7. The number of para-hydroxylation sites is 1. The fraction of sp³-hybridized carbons (Fsp3) is 0. The summed E-state index contributed by atoms with van der Waals surface area (Å²) >= 11 is 0. The molecular weight excluding hydrogens is 683 g/mol. The molecule has 2 N–H and O–H groups in total. The van der Waals surface area contributed by atoms with Gasteiger partial charge in [0.2, 0.25) is 0 Å². The van der Waals surface area contributed by atoms with Gasteiger partial charge in [0.05, 0.1) is 16.7 Å². The van der Waals surface area contributed by atoms with Crippen molar-refractivity contribution >= 4 is 27.5 Å². The van der Waals surface area contributed by atoms with Gasteiger partial charge in [-0.15, -0.1) is 0 Å². The van der Waals surface area contributed by atoms with E-state index in [0.29, 0.717) is 17.5 Å². The molecule has 56 heavy (non-hydrogen) atoms. The molecule has 0 saturated heterocycles. The van der Waals surface area contributed by atoms with E-state index < -0.39 is 0 Å². The van der Waals surface area contributed by atoms with Crippen LogP contribution in [0.4, 0.5) is 5.69 Å². The maximum absolute atomic E-state index is 6.40. The van der Waals surface area contributed by atoms with Crippen LogP contribution in [0.1, 0.15) is 0 Å². The molecule has 0 aliphatic rings. The van der Waals surface area contributed by atoms with Crippen molar-refractivity contribution in [2.75, 3.05) is 5.73 Å². The van der Waals surface area contributed by atoms with Gasteiger partial charge >= 0.3 is 0 Å². The number of benzene rings is 8. The first-order chi connectivity index (χ1) is 27.7. The second-order valence-electron chi connectivity index (χ2n) is 13.9. The van der Waals surface area contributed by atoms with Gasteiger partial charge in [0, 0.05) is 44.3 Å². The summed E-state index contributed by atoms with van der Waals surface area (Å²) in [6.45, 7) is 0. The lowest BCUT2D eigenvalue weighted by Gasteiger charge is -2.21. The van der Waals surface area contributed by atoms with E-state index in [1.165, 1.54) is 0 Å². The van der Waals surface area contributed by atoms with Crippen molar-refractivity contribution in [3.05, 3.63) is 200 Å². The SMILES string of the molecule is Nc1ccc2c(c1)c1ccccc1n2-c1c(-c2ccccc2)cc(-c2nc(-c3ccccc3)nc(-c3ccc(-c4ccccc4)cc3)n2)cc1-c1ccccc1. The van der Waals surface area contributed by atoms with Crippen LogP contribution in [0.25, 0.3) is 95.0 Å². The van der Waals surface area contributed by atoms with Crippen LogP contribution in [-0.4, -0.2) is 19.5 Å². The number of aromatic nitrogens is 4. The number of anilines is 1. The summed E-state index contributed by atoms with van der Waals surface area (Å²) in [5.41, 5.74) is 19.7. The molecule has 0 atom stereocenters. The summed E-state index contributed by atoms with van der Waals surface area (Å²) in [6.07, 6.45) is 0. The molecule has 8 aromatic carbocycles. The highest BCUT2D eigenvalue weighted by Gasteiger charge is 2.23. The summed E-state index contributed by atoms with van der Waals surface area (Å²) < 4.78 is 2.39. The van der Waals surface area contributed by atoms with E-state index in [1.54, 1.807) is 0 Å². The zero-order valence-corrected chi connectivity index (χ0v) is 30.4. The van der Waals surface area contributed by atoms with Crippen LogP contribution in [0.15, 0.2) is 200 Å². The van der Waals surface area contributed by atoms with E-state index in [9.17, 15) is 0 Å². The summed E-state index contributed by atoms with van der Waals surface area (Å²) in [5, 5.41) is 2.25. The lowest BCUT2D eigenvalue weighted by Crippen LogP contribution is -2.04. The lowest BCUT2D eigenvalue weighted by molar-refractivity contribution is 1.07. The monoisotopic (exact) mass is 717 g/mol. The zero-order valence-electron chi connectivity index (χ0n) is 30.4. The molecule has 10 rings (SSSR count). The number of fused-ring (bicyclic) bond motifs is 3. The second kappa shape index (κ2) is 14.0. The number of hydrogen-bond donors (Lipinski definition) is 1. The van der Waals surface area contributed by atoms with E-state index in [0.717, 1.165) is 83.3 Å². The molecule has 2 aromatic heterocycles. The van der Waals surface area contributed by atoms with Crippen molar-refractivity contribution in [2.45, 2.75) is 0 Å². The second-order valence-corrected chi connectivity index (χ2v) is 13.9. The van der Waals surface area contributed by atoms with Crippen LogP contribution in [0.2, 0.25) is 0 Å². The Morgan fingerprint density at radius 3 is 1.30 bits per heavy atom. The number of nitrogens with two attached hydrogens (primary N) is 1. The van der Waals surface area contributed by atoms with Gasteiger partial charge < -0.3 is 10.3 Å². The predicted molar refractivity (Wildman–Crippen MR) is 231 cm³/mol. The molecule has 0 amide bonds. The van der Waals surface area contributed by atoms with Crippen molar-refractivity contribution in [1.82, 2.24) is 19.5 Å². The van der Waals surface area contributed by atoms with Crippen LogP contribution in [0, 0.1) is 0 Å². The highest BCUT2D eigenvalue weighted by atomic mass is 15.0. The molecule has 0 unspecified atom stereocenters. The molecule has 0 fully saturated rings. The maximum Gasteiger partial charge on any atom is 0.164 e. The van der Waals surface area contributed by atoms with Crippen molar-refractivity contribution in [3.8, 4) is 73.2 Å². The number of nitrogen functional groups attached to an aromatic ring is 1. The Labute approximate surface area is 325 Å². The fourth-order valence-electron chi connectivity index (χ4n) is 7.70. The van der Waals surface area contributed by atoms with Crippen molar-refractivity contribution in [3.63, 3.8) is 0 Å². The van der Waals surface area contributed by atoms with Gasteiger partial charge in [-0.1, -0.05) is 164 Å². The lowest BCUT2D eigenvalue weighted by atomic mass is 9.92. The van der Waals surface area contributed by atoms with E-state index in [1.807, 2.05) is 42.5 Å². The molecule has 2 heterocycles. The van der Waals surface area contributed by atoms with Crippen molar-refractivity contribution in [2.24, 2.45) is 0 Å². The number of hydrogen-bond acceptors (Lipinski definition) is 4. The van der Waals surface area contributed by atoms with E-state index in [4.69, 9.17) is 20.7 Å². The first-order valence-corrected chi connectivity index (χ1v) is 18.7. The van der Waals surface area contributed by atoms with Crippen LogP contribution >= 0.6 is 0 Å². The van der Waals surface area contributed by atoms with Gasteiger partial charge in [-0.25, -0.2) is 15.0 Å². The Morgan fingerprint density at radius 1 is 0.321 bits per heavy atom. The average molecular weight is 718 g/mol. The summed E-state index contributed by atoms with van der Waals surface area (Å²) in [7, 11) is 0. The zero-order chi connectivity index (χ0) is 37.4. The van der Waals surface area contributed by atoms with Crippen LogP contribution < -0.4 is 5.73 Å². The molecule has 0 aliphatic heterocycles. The highest BCUT2D eigenvalue weighted by Crippen LogP contribution is 2.44. The van der Waals surface area contributed by atoms with Crippen LogP contribution in [0.3, 0.4) is 0 Å². The molecule has 5 heteroatoms. The Morgan fingerprint density at radius 2 is 0.732 bits per heavy atom. The fourth-order valence-corrected chi connectivity index (χ4v) is 7.70. The Bertz CT molecular complexity index is 2930. The average Bonchev–Trinajstić information content (AvgIpc) is 3.60. The minimum atomic E-state index is 0.594. The molecular formula is C51H35N5. The van der Waals surface area contributed by atoms with E-state index in [-0.39, 0.29) is 0 Å². The minimum absolute atomic E-state index is 0.594. The molecule has 0 bridgehead atoms. The molecule has 10 aromatic rings. The summed E-state index contributed by atoms with van der Waals surface area (Å²) in [4.78, 5) is 15.5. The van der Waals surface area contributed by atoms with Gasteiger partial charge in [-0.3, -0.25) is 0 Å². The van der Waals surface area contributed by atoms with Crippen LogP contribution in [-0.2, 0) is 0 Å². The van der Waals surface area contributed by atoms with Gasteiger partial charge in [0.15, 0.2) is 17.5 Å². The predicted octanol–water partition coefficient (Wildman–Crippen LogP) is 12.6. The molecule has 264 valence electrons. The van der Waals surface area contributed by atoms with Gasteiger partial charge in [-0.05, 0) is 58.7 Å². The standard InChI is InChI=1S/C51H35N5/c52-41-29-30-47-45(33-41)42-23-13-14-24-46(42)56(47)48-43(36-17-7-2-8-18-36)31-40(32-44(48)37-19-9-3-10-20-37)51-54-49(38-21-11-4-12-22-38)53-50(55-51)39-27-25-35(26-28-39)34-15-5-1-6-16-34/h1-33H,52H2. The quantitative estimate of drug-likeness (QED) is 0.167. The first-order valence-electron chi connectivity index (χ1n) is 18.7. The third-order valence-corrected chi connectivity index (χ3v) is 10.4. The largest absolute Gasteiger partial charge is 0.399 e. The van der Waals surface area contributed by atoms with E-state index >= 15 is 0 Å². The summed E-state index contributed by atoms with van der Waals surface area (Å²) in [5.74, 6) is 1.82. The smallest absolute Gasteiger partial charge is 0.164 e. The van der Waals surface area contributed by atoms with E-state index in [2.05, 4.69) is 162 Å². The third kappa shape index (κ3) is 5.98. The Kier molecular flexibility index (Phi) is 8.23. The Balaban J connectivity index is 1.26. The van der Waals surface area contributed by atoms with Crippen LogP contribution in [0.5, 0.6) is 0 Å². The highest BCUT2D eigenvalue weighted by molar-refractivity contribution is 6.11. The maximum atomic E-state index is 6.40. The molecule has 0 saturated carbocycles. The minimum Gasteiger partial charge on any atom is -0.399 e. The van der Waals surface area contributed by atoms with Gasteiger partial charge in [-0.2, -0.15) is 0 Å². The van der Waals surface area contributed by atoms with Crippen molar-refractivity contribution < 1.29 is 0 Å². The normalized spacial score (nSPS) is 11.3.